The van der Waals surface area contributed by atoms with E-state index in [-0.39, 0.29) is 24.5 Å². The van der Waals surface area contributed by atoms with Crippen LogP contribution in [0, 0.1) is 5.41 Å². The van der Waals surface area contributed by atoms with Crippen LogP contribution in [0.25, 0.3) is 0 Å². The Morgan fingerprint density at radius 2 is 2.00 bits per heavy atom. The first kappa shape index (κ1) is 15.3. The Balaban J connectivity index is 4.28. The highest BCUT2D eigenvalue weighted by Gasteiger charge is 2.30. The highest BCUT2D eigenvalue weighted by Crippen LogP contribution is 2.18. The molecule has 2 atom stereocenters. The number of hydrogen-bond donors (Lipinski definition) is 2. The van der Waals surface area contributed by atoms with Crippen molar-refractivity contribution in [1.29, 1.82) is 0 Å². The van der Waals surface area contributed by atoms with E-state index in [1.807, 2.05) is 20.8 Å². The lowest BCUT2D eigenvalue weighted by molar-refractivity contribution is -0.135. The molecular formula is C11H24N2O3. The number of aliphatic hydroxyl groups excluding tert-OH is 1. The summed E-state index contributed by atoms with van der Waals surface area (Å²) >= 11 is 0. The van der Waals surface area contributed by atoms with E-state index in [0.29, 0.717) is 0 Å². The highest BCUT2D eigenvalue weighted by atomic mass is 16.5. The Labute approximate surface area is 97.6 Å². The van der Waals surface area contributed by atoms with E-state index in [1.54, 1.807) is 7.05 Å². The van der Waals surface area contributed by atoms with Crippen molar-refractivity contribution in [3.05, 3.63) is 0 Å². The van der Waals surface area contributed by atoms with Crippen molar-refractivity contribution in [3.8, 4) is 0 Å². The van der Waals surface area contributed by atoms with Gasteiger partial charge in [-0.1, -0.05) is 20.8 Å². The van der Waals surface area contributed by atoms with Crippen molar-refractivity contribution in [1.82, 2.24) is 4.90 Å². The average molecular weight is 232 g/mol. The first-order chi connectivity index (χ1) is 7.20. The Morgan fingerprint density at radius 3 is 2.38 bits per heavy atom. The fourth-order valence-corrected chi connectivity index (χ4v) is 1.26. The van der Waals surface area contributed by atoms with Gasteiger partial charge in [0.1, 0.15) is 0 Å². The number of likely N-dealkylation sites (N-methyl/N-ethyl adjacent to an activating group) is 1. The average Bonchev–Trinajstić information content (AvgIpc) is 2.14. The molecule has 0 saturated heterocycles. The van der Waals surface area contributed by atoms with E-state index in [9.17, 15) is 9.90 Å². The minimum atomic E-state index is -0.675. The Bertz CT molecular complexity index is 226. The fraction of sp³-hybridized carbons (Fsp3) is 0.909. The van der Waals surface area contributed by atoms with E-state index in [0.717, 1.165) is 0 Å². The Kier molecular flexibility index (Phi) is 5.92. The molecule has 96 valence electrons. The van der Waals surface area contributed by atoms with Crippen LogP contribution in [0.4, 0.5) is 0 Å². The van der Waals surface area contributed by atoms with Gasteiger partial charge in [-0.05, 0) is 5.41 Å². The lowest BCUT2D eigenvalue weighted by atomic mass is 9.86. The van der Waals surface area contributed by atoms with Gasteiger partial charge in [0, 0.05) is 20.7 Å². The highest BCUT2D eigenvalue weighted by molar-refractivity contribution is 5.82. The number of nitrogens with zero attached hydrogens (tertiary/aromatic N) is 1. The molecule has 0 heterocycles. The molecule has 0 aliphatic carbocycles. The normalized spacial score (nSPS) is 15.7. The van der Waals surface area contributed by atoms with Gasteiger partial charge in [-0.25, -0.2) is 0 Å². The number of rotatable bonds is 5. The zero-order chi connectivity index (χ0) is 12.9. The number of amides is 1. The second kappa shape index (κ2) is 6.18. The summed E-state index contributed by atoms with van der Waals surface area (Å²) in [5, 5.41) is 9.49. The topological polar surface area (TPSA) is 75.8 Å². The van der Waals surface area contributed by atoms with Crippen LogP contribution in [-0.2, 0) is 9.53 Å². The van der Waals surface area contributed by atoms with Gasteiger partial charge < -0.3 is 20.5 Å². The summed E-state index contributed by atoms with van der Waals surface area (Å²) < 4.78 is 4.79. The van der Waals surface area contributed by atoms with Gasteiger partial charge in [0.25, 0.3) is 0 Å². The molecule has 0 fully saturated rings. The minimum Gasteiger partial charge on any atom is -0.389 e. The molecule has 0 aliphatic heterocycles. The van der Waals surface area contributed by atoms with Gasteiger partial charge in [0.15, 0.2) is 0 Å². The summed E-state index contributed by atoms with van der Waals surface area (Å²) in [5.74, 6) is -0.164. The third-order valence-corrected chi connectivity index (χ3v) is 2.42. The summed E-state index contributed by atoms with van der Waals surface area (Å²) in [6.45, 7) is 6.18. The molecule has 0 spiro atoms. The van der Waals surface area contributed by atoms with Crippen LogP contribution in [-0.4, -0.2) is 55.4 Å². The quantitative estimate of drug-likeness (QED) is 0.690. The van der Waals surface area contributed by atoms with Crippen LogP contribution < -0.4 is 5.73 Å². The van der Waals surface area contributed by atoms with Crippen LogP contribution in [0.15, 0.2) is 0 Å². The zero-order valence-electron chi connectivity index (χ0n) is 10.9. The number of aliphatic hydroxyl groups is 1. The molecule has 0 aromatic heterocycles. The molecule has 0 radical (unpaired) electrons. The second-order valence-electron chi connectivity index (χ2n) is 5.17. The lowest BCUT2D eigenvalue weighted by Gasteiger charge is -2.30. The number of hydrogen-bond acceptors (Lipinski definition) is 4. The van der Waals surface area contributed by atoms with E-state index < -0.39 is 12.1 Å². The third-order valence-electron chi connectivity index (χ3n) is 2.42. The molecule has 0 saturated carbocycles. The molecule has 16 heavy (non-hydrogen) atoms. The lowest BCUT2D eigenvalue weighted by Crippen LogP contribution is -2.51. The van der Waals surface area contributed by atoms with E-state index in [4.69, 9.17) is 10.5 Å². The van der Waals surface area contributed by atoms with Gasteiger partial charge in [0.05, 0.1) is 18.8 Å². The molecule has 0 rings (SSSR count). The predicted octanol–water partition coefficient (Wildman–Crippen LogP) is -0.174. The Morgan fingerprint density at radius 1 is 1.50 bits per heavy atom. The molecule has 5 heteroatoms. The monoisotopic (exact) mass is 232 g/mol. The summed E-state index contributed by atoms with van der Waals surface area (Å²) in [5.41, 5.74) is 5.56. The van der Waals surface area contributed by atoms with E-state index in [1.165, 1.54) is 12.0 Å². The van der Waals surface area contributed by atoms with Crippen LogP contribution in [0.5, 0.6) is 0 Å². The van der Waals surface area contributed by atoms with Gasteiger partial charge in [-0.3, -0.25) is 4.79 Å². The van der Waals surface area contributed by atoms with Crippen LogP contribution in [0.1, 0.15) is 20.8 Å². The smallest absolute Gasteiger partial charge is 0.239 e. The van der Waals surface area contributed by atoms with Crippen molar-refractivity contribution < 1.29 is 14.6 Å². The largest absolute Gasteiger partial charge is 0.389 e. The van der Waals surface area contributed by atoms with Gasteiger partial charge in [-0.15, -0.1) is 0 Å². The van der Waals surface area contributed by atoms with Crippen LogP contribution in [0.3, 0.4) is 0 Å². The van der Waals surface area contributed by atoms with Crippen molar-refractivity contribution in [2.24, 2.45) is 11.1 Å². The van der Waals surface area contributed by atoms with Crippen LogP contribution >= 0.6 is 0 Å². The molecule has 0 aliphatic rings. The molecule has 0 aromatic carbocycles. The van der Waals surface area contributed by atoms with Gasteiger partial charge >= 0.3 is 0 Å². The summed E-state index contributed by atoms with van der Waals surface area (Å²) in [6.07, 6.45) is -0.675. The Hall–Kier alpha value is -0.650. The first-order valence-electron chi connectivity index (χ1n) is 5.37. The maximum Gasteiger partial charge on any atom is 0.239 e. The molecule has 0 aromatic rings. The number of nitrogens with two attached hydrogens (primary N) is 1. The maximum atomic E-state index is 11.9. The second-order valence-corrected chi connectivity index (χ2v) is 5.17. The van der Waals surface area contributed by atoms with E-state index in [2.05, 4.69) is 0 Å². The molecule has 0 bridgehead atoms. The van der Waals surface area contributed by atoms with Crippen molar-refractivity contribution in [2.75, 3.05) is 27.3 Å². The molecular weight excluding hydrogens is 208 g/mol. The summed E-state index contributed by atoms with van der Waals surface area (Å²) in [7, 11) is 3.14. The van der Waals surface area contributed by atoms with Gasteiger partial charge in [-0.2, -0.15) is 0 Å². The number of ether oxygens (including phenoxy) is 1. The van der Waals surface area contributed by atoms with Crippen LogP contribution in [0.2, 0.25) is 0 Å². The zero-order valence-corrected chi connectivity index (χ0v) is 10.9. The first-order valence-corrected chi connectivity index (χ1v) is 5.37. The fourth-order valence-electron chi connectivity index (χ4n) is 1.26. The van der Waals surface area contributed by atoms with E-state index >= 15 is 0 Å². The molecule has 1 amide bonds. The van der Waals surface area contributed by atoms with Crippen molar-refractivity contribution >= 4 is 5.91 Å². The maximum absolute atomic E-state index is 11.9. The summed E-state index contributed by atoms with van der Waals surface area (Å²) in [6, 6.07) is -0.563. The number of carbonyl (C=O) groups is 1. The number of methoxy groups -OCH3 is 1. The van der Waals surface area contributed by atoms with Gasteiger partial charge in [0.2, 0.25) is 5.91 Å². The number of carbonyl (C=O) groups excluding carboxylic acids is 1. The molecule has 3 N–H and O–H groups in total. The minimum absolute atomic E-state index is 0.164. The molecule has 1 unspecified atom stereocenters. The van der Waals surface area contributed by atoms with Crippen molar-refractivity contribution in [2.45, 2.75) is 32.9 Å². The predicted molar refractivity (Wildman–Crippen MR) is 63.0 cm³/mol. The van der Waals surface area contributed by atoms with Crippen molar-refractivity contribution in [3.63, 3.8) is 0 Å². The SMILES string of the molecule is COCC(O)CN(C)C(=O)[C@@H](N)C(C)(C)C. The summed E-state index contributed by atoms with van der Waals surface area (Å²) in [4.78, 5) is 13.3. The third kappa shape index (κ3) is 4.92. The standard InChI is InChI=1S/C11H24N2O3/c1-11(2,3)9(12)10(15)13(4)6-8(14)7-16-5/h8-9,14H,6-7,12H2,1-5H3/t8?,9-/m1/s1. The molecule has 5 nitrogen and oxygen atoms in total.